The minimum absolute atomic E-state index is 0.331. The van der Waals surface area contributed by atoms with E-state index in [1.54, 1.807) is 0 Å². The van der Waals surface area contributed by atoms with E-state index in [2.05, 4.69) is 25.8 Å². The third-order valence-electron chi connectivity index (χ3n) is 3.67. The van der Waals surface area contributed by atoms with Crippen LogP contribution >= 0.6 is 0 Å². The molecule has 1 atom stereocenters. The fourth-order valence-corrected chi connectivity index (χ4v) is 2.39. The number of benzene rings is 1. The van der Waals surface area contributed by atoms with Crippen LogP contribution in [-0.4, -0.2) is 24.5 Å². The first kappa shape index (κ1) is 16.1. The van der Waals surface area contributed by atoms with E-state index < -0.39 is 11.6 Å². The van der Waals surface area contributed by atoms with Crippen molar-refractivity contribution >= 4 is 0 Å². The highest BCUT2D eigenvalue weighted by atomic mass is 19.1. The number of hydrogen-bond acceptors (Lipinski definition) is 2. The van der Waals surface area contributed by atoms with Gasteiger partial charge in [-0.15, -0.1) is 0 Å². The van der Waals surface area contributed by atoms with Crippen molar-refractivity contribution in [3.05, 3.63) is 35.4 Å². The zero-order chi connectivity index (χ0) is 14.4. The Morgan fingerprint density at radius 3 is 2.11 bits per heavy atom. The average Bonchev–Trinajstić information content (AvgIpc) is 2.36. The van der Waals surface area contributed by atoms with Gasteiger partial charge in [0, 0.05) is 18.2 Å². The van der Waals surface area contributed by atoms with Crippen LogP contribution in [0.2, 0.25) is 0 Å². The van der Waals surface area contributed by atoms with Gasteiger partial charge in [-0.2, -0.15) is 0 Å². The van der Waals surface area contributed by atoms with Gasteiger partial charge in [0.2, 0.25) is 0 Å². The Morgan fingerprint density at radius 1 is 1.11 bits per heavy atom. The molecule has 0 aliphatic heterocycles. The molecule has 0 heterocycles. The normalized spacial score (nSPS) is 13.3. The summed E-state index contributed by atoms with van der Waals surface area (Å²) in [4.78, 5) is 2.26. The average molecular weight is 270 g/mol. The van der Waals surface area contributed by atoms with E-state index in [0.717, 1.165) is 25.5 Å². The molecule has 1 rings (SSSR count). The maximum absolute atomic E-state index is 13.1. The van der Waals surface area contributed by atoms with Gasteiger partial charge in [-0.1, -0.05) is 13.8 Å². The minimum Gasteiger partial charge on any atom is -0.324 e. The molecule has 1 aromatic carbocycles. The molecule has 0 aliphatic carbocycles. The number of nitrogens with two attached hydrogens (primary N) is 1. The highest BCUT2D eigenvalue weighted by molar-refractivity contribution is 5.21. The Morgan fingerprint density at radius 2 is 1.63 bits per heavy atom. The zero-order valence-corrected chi connectivity index (χ0v) is 12.0. The lowest BCUT2D eigenvalue weighted by Gasteiger charge is -2.27. The van der Waals surface area contributed by atoms with E-state index in [1.807, 2.05) is 0 Å². The van der Waals surface area contributed by atoms with Crippen LogP contribution in [0.1, 0.15) is 44.7 Å². The SMILES string of the molecule is CCC(CC)N(C)CCC(N)c1cc(F)cc(F)c1. The second kappa shape index (κ2) is 7.56. The first-order valence-corrected chi connectivity index (χ1v) is 6.89. The summed E-state index contributed by atoms with van der Waals surface area (Å²) < 4.78 is 26.2. The number of hydrogen-bond donors (Lipinski definition) is 1. The van der Waals surface area contributed by atoms with E-state index >= 15 is 0 Å². The van der Waals surface area contributed by atoms with Crippen LogP contribution in [0.5, 0.6) is 0 Å². The zero-order valence-electron chi connectivity index (χ0n) is 12.0. The Bertz CT molecular complexity index is 371. The maximum Gasteiger partial charge on any atom is 0.126 e. The lowest BCUT2D eigenvalue weighted by molar-refractivity contribution is 0.222. The molecular weight excluding hydrogens is 246 g/mol. The monoisotopic (exact) mass is 270 g/mol. The summed E-state index contributed by atoms with van der Waals surface area (Å²) >= 11 is 0. The number of nitrogens with zero attached hydrogens (tertiary/aromatic N) is 1. The predicted molar refractivity (Wildman–Crippen MR) is 74.9 cm³/mol. The molecule has 0 saturated carbocycles. The van der Waals surface area contributed by atoms with Gasteiger partial charge < -0.3 is 10.6 Å². The molecule has 0 saturated heterocycles. The van der Waals surface area contributed by atoms with Crippen molar-refractivity contribution in [3.8, 4) is 0 Å². The fourth-order valence-electron chi connectivity index (χ4n) is 2.39. The molecule has 0 aromatic heterocycles. The van der Waals surface area contributed by atoms with Gasteiger partial charge in [0.25, 0.3) is 0 Å². The summed E-state index contributed by atoms with van der Waals surface area (Å²) in [6, 6.07) is 3.70. The molecule has 0 spiro atoms. The third-order valence-corrected chi connectivity index (χ3v) is 3.67. The second-order valence-electron chi connectivity index (χ2n) is 5.05. The topological polar surface area (TPSA) is 29.3 Å². The van der Waals surface area contributed by atoms with Crippen molar-refractivity contribution in [2.75, 3.05) is 13.6 Å². The smallest absolute Gasteiger partial charge is 0.126 e. The van der Waals surface area contributed by atoms with E-state index in [0.29, 0.717) is 18.0 Å². The lowest BCUT2D eigenvalue weighted by Crippen LogP contribution is -2.33. The molecule has 0 radical (unpaired) electrons. The highest BCUT2D eigenvalue weighted by Crippen LogP contribution is 2.18. The van der Waals surface area contributed by atoms with Gasteiger partial charge in [0.1, 0.15) is 11.6 Å². The van der Waals surface area contributed by atoms with Crippen LogP contribution < -0.4 is 5.73 Å². The van der Waals surface area contributed by atoms with E-state index in [4.69, 9.17) is 5.73 Å². The summed E-state index contributed by atoms with van der Waals surface area (Å²) in [5.41, 5.74) is 6.53. The molecule has 2 N–H and O–H groups in total. The van der Waals surface area contributed by atoms with Gasteiger partial charge in [-0.05, 0) is 50.6 Å². The number of halogens is 2. The van der Waals surface area contributed by atoms with Gasteiger partial charge in [0.15, 0.2) is 0 Å². The molecule has 0 bridgehead atoms. The van der Waals surface area contributed by atoms with Crippen molar-refractivity contribution in [2.45, 2.75) is 45.2 Å². The maximum atomic E-state index is 13.1. The summed E-state index contributed by atoms with van der Waals surface area (Å²) in [6.45, 7) is 5.14. The molecule has 4 heteroatoms. The first-order valence-electron chi connectivity index (χ1n) is 6.89. The minimum atomic E-state index is -0.571. The van der Waals surface area contributed by atoms with Crippen molar-refractivity contribution in [1.29, 1.82) is 0 Å². The van der Waals surface area contributed by atoms with Crippen LogP contribution in [0.15, 0.2) is 18.2 Å². The van der Waals surface area contributed by atoms with Crippen LogP contribution in [0.4, 0.5) is 8.78 Å². The predicted octanol–water partition coefficient (Wildman–Crippen LogP) is 3.48. The van der Waals surface area contributed by atoms with Crippen molar-refractivity contribution < 1.29 is 8.78 Å². The van der Waals surface area contributed by atoms with E-state index in [9.17, 15) is 8.78 Å². The number of rotatable bonds is 7. The largest absolute Gasteiger partial charge is 0.324 e. The first-order chi connectivity index (χ1) is 8.97. The molecule has 1 unspecified atom stereocenters. The summed E-state index contributed by atoms with van der Waals surface area (Å²) in [5, 5.41) is 0. The van der Waals surface area contributed by atoms with Crippen LogP contribution in [0.3, 0.4) is 0 Å². The van der Waals surface area contributed by atoms with E-state index in [1.165, 1.54) is 12.1 Å². The fraction of sp³-hybridized carbons (Fsp3) is 0.600. The third kappa shape index (κ3) is 4.88. The van der Waals surface area contributed by atoms with Crippen molar-refractivity contribution in [2.24, 2.45) is 5.73 Å². The molecule has 1 aromatic rings. The summed E-state index contributed by atoms with van der Waals surface area (Å²) in [6.07, 6.45) is 2.88. The standard InChI is InChI=1S/C15H24F2N2/c1-4-14(5-2)19(3)7-6-15(18)11-8-12(16)10-13(17)9-11/h8-10,14-15H,4-7,18H2,1-3H3. The van der Waals surface area contributed by atoms with Gasteiger partial charge in [-0.3, -0.25) is 0 Å². The molecule has 0 fully saturated rings. The van der Waals surface area contributed by atoms with Crippen LogP contribution in [0.25, 0.3) is 0 Å². The molecule has 19 heavy (non-hydrogen) atoms. The van der Waals surface area contributed by atoms with Crippen molar-refractivity contribution in [3.63, 3.8) is 0 Å². The van der Waals surface area contributed by atoms with E-state index in [-0.39, 0.29) is 6.04 Å². The molecule has 0 aliphatic rings. The Balaban J connectivity index is 2.57. The summed E-state index contributed by atoms with van der Waals surface area (Å²) in [5.74, 6) is -1.14. The molecule has 2 nitrogen and oxygen atoms in total. The van der Waals surface area contributed by atoms with Crippen molar-refractivity contribution in [1.82, 2.24) is 4.90 Å². The second-order valence-corrected chi connectivity index (χ2v) is 5.05. The van der Waals surface area contributed by atoms with Crippen LogP contribution in [0, 0.1) is 11.6 Å². The Hall–Kier alpha value is -1.00. The van der Waals surface area contributed by atoms with Crippen LogP contribution in [-0.2, 0) is 0 Å². The molecular formula is C15H24F2N2. The highest BCUT2D eigenvalue weighted by Gasteiger charge is 2.14. The molecule has 108 valence electrons. The van der Waals surface area contributed by atoms with Gasteiger partial charge in [0.05, 0.1) is 0 Å². The summed E-state index contributed by atoms with van der Waals surface area (Å²) in [7, 11) is 2.07. The molecule has 0 amide bonds. The lowest BCUT2D eigenvalue weighted by atomic mass is 10.0. The quantitative estimate of drug-likeness (QED) is 0.822. The Labute approximate surface area is 114 Å². The Kier molecular flexibility index (Phi) is 6.38. The van der Waals surface area contributed by atoms with Gasteiger partial charge >= 0.3 is 0 Å². The van der Waals surface area contributed by atoms with Gasteiger partial charge in [-0.25, -0.2) is 8.78 Å².